The Balaban J connectivity index is 2.58. The quantitative estimate of drug-likeness (QED) is 0.753. The van der Waals surface area contributed by atoms with Gasteiger partial charge < -0.3 is 11.1 Å². The minimum atomic E-state index is -0.827. The predicted molar refractivity (Wildman–Crippen MR) is 65.8 cm³/mol. The molecule has 0 amide bonds. The Bertz CT molecular complexity index is 369. The summed E-state index contributed by atoms with van der Waals surface area (Å²) in [6.45, 7) is 4.07. The van der Waals surface area contributed by atoms with Gasteiger partial charge in [0.25, 0.3) is 0 Å². The number of halogens is 2. The van der Waals surface area contributed by atoms with Gasteiger partial charge in [-0.05, 0) is 13.3 Å². The average Bonchev–Trinajstić information content (AvgIpc) is 2.26. The Kier molecular flexibility index (Phi) is 5.12. The van der Waals surface area contributed by atoms with E-state index in [1.807, 2.05) is 6.92 Å². The van der Waals surface area contributed by atoms with Crippen LogP contribution in [-0.4, -0.2) is 11.0 Å². The fourth-order valence-electron chi connectivity index (χ4n) is 1.59. The van der Waals surface area contributed by atoms with Crippen LogP contribution in [-0.2, 0) is 0 Å². The van der Waals surface area contributed by atoms with Crippen molar-refractivity contribution in [2.75, 3.05) is 11.1 Å². The highest BCUT2D eigenvalue weighted by Crippen LogP contribution is 2.18. The second-order valence-corrected chi connectivity index (χ2v) is 4.23. The van der Waals surface area contributed by atoms with Crippen LogP contribution in [0.25, 0.3) is 0 Å². The molecule has 0 fully saturated rings. The summed E-state index contributed by atoms with van der Waals surface area (Å²) in [5, 5.41) is 2.90. The summed E-state index contributed by atoms with van der Waals surface area (Å²) in [5.41, 5.74) is 5.29. The van der Waals surface area contributed by atoms with Crippen molar-refractivity contribution < 1.29 is 8.78 Å². The molecule has 3 N–H and O–H groups in total. The van der Waals surface area contributed by atoms with Crippen molar-refractivity contribution in [1.29, 1.82) is 0 Å². The van der Waals surface area contributed by atoms with Crippen LogP contribution in [0.5, 0.6) is 0 Å². The van der Waals surface area contributed by atoms with E-state index in [1.165, 1.54) is 0 Å². The molecule has 1 aromatic heterocycles. The molecule has 0 aromatic carbocycles. The summed E-state index contributed by atoms with van der Waals surface area (Å²) < 4.78 is 26.2. The Labute approximate surface area is 100 Å². The fourth-order valence-corrected chi connectivity index (χ4v) is 1.59. The summed E-state index contributed by atoms with van der Waals surface area (Å²) in [6.07, 6.45) is 4.28. The lowest BCUT2D eigenvalue weighted by Crippen LogP contribution is -2.17. The molecule has 5 heteroatoms. The number of hydrogen-bond donors (Lipinski definition) is 2. The third-order valence-corrected chi connectivity index (χ3v) is 2.58. The number of nitrogens with two attached hydrogens (primary N) is 1. The number of hydrogen-bond acceptors (Lipinski definition) is 3. The zero-order valence-corrected chi connectivity index (χ0v) is 10.3. The number of nitrogens with one attached hydrogen (secondary N) is 1. The molecule has 1 aromatic rings. The topological polar surface area (TPSA) is 50.9 Å². The molecule has 96 valence electrons. The number of pyridine rings is 1. The minimum absolute atomic E-state index is 0.0212. The van der Waals surface area contributed by atoms with Crippen molar-refractivity contribution in [2.45, 2.75) is 45.6 Å². The van der Waals surface area contributed by atoms with Gasteiger partial charge in [-0.2, -0.15) is 0 Å². The van der Waals surface area contributed by atoms with E-state index in [0.717, 1.165) is 31.7 Å². The van der Waals surface area contributed by atoms with E-state index in [4.69, 9.17) is 5.73 Å². The van der Waals surface area contributed by atoms with E-state index in [9.17, 15) is 8.78 Å². The number of anilines is 2. The molecule has 0 saturated carbocycles. The van der Waals surface area contributed by atoms with Gasteiger partial charge in [0.2, 0.25) is 0 Å². The smallest absolute Gasteiger partial charge is 0.168 e. The third kappa shape index (κ3) is 4.17. The van der Waals surface area contributed by atoms with E-state index < -0.39 is 11.6 Å². The lowest BCUT2D eigenvalue weighted by Gasteiger charge is -2.15. The largest absolute Gasteiger partial charge is 0.381 e. The molecule has 1 heterocycles. The summed E-state index contributed by atoms with van der Waals surface area (Å²) >= 11 is 0. The van der Waals surface area contributed by atoms with E-state index >= 15 is 0 Å². The van der Waals surface area contributed by atoms with Crippen molar-refractivity contribution in [3.8, 4) is 0 Å². The maximum absolute atomic E-state index is 13.4. The Morgan fingerprint density at radius 3 is 2.71 bits per heavy atom. The number of nitrogen functional groups attached to an aromatic ring is 1. The SMILES string of the molecule is CCCCCC(C)Nc1nc(N)c(F)cc1F. The molecule has 17 heavy (non-hydrogen) atoms. The maximum atomic E-state index is 13.4. The summed E-state index contributed by atoms with van der Waals surface area (Å²) in [7, 11) is 0. The lowest BCUT2D eigenvalue weighted by molar-refractivity contribution is 0.570. The Morgan fingerprint density at radius 2 is 2.06 bits per heavy atom. The first kappa shape index (κ1) is 13.7. The van der Waals surface area contributed by atoms with Crippen molar-refractivity contribution in [3.63, 3.8) is 0 Å². The number of aromatic nitrogens is 1. The van der Waals surface area contributed by atoms with Gasteiger partial charge >= 0.3 is 0 Å². The number of rotatable bonds is 6. The van der Waals surface area contributed by atoms with Crippen LogP contribution in [0.4, 0.5) is 20.4 Å². The first-order chi connectivity index (χ1) is 8.04. The predicted octanol–water partition coefficient (Wildman–Crippen LogP) is 3.32. The molecular weight excluding hydrogens is 224 g/mol. The highest BCUT2D eigenvalue weighted by atomic mass is 19.1. The van der Waals surface area contributed by atoms with Crippen LogP contribution in [0.3, 0.4) is 0 Å². The van der Waals surface area contributed by atoms with Gasteiger partial charge in [-0.1, -0.05) is 26.2 Å². The molecule has 3 nitrogen and oxygen atoms in total. The summed E-state index contributed by atoms with van der Waals surface area (Å²) in [4.78, 5) is 3.66. The third-order valence-electron chi connectivity index (χ3n) is 2.58. The monoisotopic (exact) mass is 243 g/mol. The van der Waals surface area contributed by atoms with Crippen LogP contribution in [0.1, 0.15) is 39.5 Å². The van der Waals surface area contributed by atoms with Gasteiger partial charge in [-0.15, -0.1) is 0 Å². The van der Waals surface area contributed by atoms with Crippen molar-refractivity contribution in [2.24, 2.45) is 0 Å². The van der Waals surface area contributed by atoms with Crippen LogP contribution >= 0.6 is 0 Å². The van der Waals surface area contributed by atoms with Crippen LogP contribution < -0.4 is 11.1 Å². The zero-order chi connectivity index (χ0) is 12.8. The number of nitrogens with zero attached hydrogens (tertiary/aromatic N) is 1. The first-order valence-corrected chi connectivity index (χ1v) is 5.92. The maximum Gasteiger partial charge on any atom is 0.168 e. The van der Waals surface area contributed by atoms with Gasteiger partial charge in [0, 0.05) is 12.1 Å². The molecular formula is C12H19F2N3. The van der Waals surface area contributed by atoms with Crippen LogP contribution in [0.15, 0.2) is 6.07 Å². The molecule has 0 bridgehead atoms. The molecule has 0 saturated heterocycles. The second kappa shape index (κ2) is 6.37. The van der Waals surface area contributed by atoms with E-state index in [1.54, 1.807) is 0 Å². The average molecular weight is 243 g/mol. The molecule has 1 unspecified atom stereocenters. The van der Waals surface area contributed by atoms with Crippen LogP contribution in [0.2, 0.25) is 0 Å². The first-order valence-electron chi connectivity index (χ1n) is 5.92. The van der Waals surface area contributed by atoms with Gasteiger partial charge in [0.15, 0.2) is 23.3 Å². The van der Waals surface area contributed by atoms with Crippen LogP contribution in [0, 0.1) is 11.6 Å². The Hall–Kier alpha value is -1.39. The van der Waals surface area contributed by atoms with Gasteiger partial charge in [-0.25, -0.2) is 13.8 Å². The second-order valence-electron chi connectivity index (χ2n) is 4.23. The highest BCUT2D eigenvalue weighted by Gasteiger charge is 2.11. The Morgan fingerprint density at radius 1 is 1.35 bits per heavy atom. The molecule has 0 aliphatic carbocycles. The van der Waals surface area contributed by atoms with Crippen molar-refractivity contribution in [3.05, 3.63) is 17.7 Å². The van der Waals surface area contributed by atoms with Gasteiger partial charge in [-0.3, -0.25) is 0 Å². The standard InChI is InChI=1S/C12H19F2N3/c1-3-4-5-6-8(2)16-12-10(14)7-9(13)11(15)17-12/h7-8H,3-6H2,1-2H3,(H3,15,16,17). The zero-order valence-electron chi connectivity index (χ0n) is 10.3. The number of unbranched alkanes of at least 4 members (excludes halogenated alkanes) is 2. The summed E-state index contributed by atoms with van der Waals surface area (Å²) in [5.74, 6) is -1.80. The minimum Gasteiger partial charge on any atom is -0.381 e. The van der Waals surface area contributed by atoms with E-state index in [2.05, 4.69) is 17.2 Å². The molecule has 0 aliphatic heterocycles. The van der Waals surface area contributed by atoms with Crippen molar-refractivity contribution >= 4 is 11.6 Å². The fraction of sp³-hybridized carbons (Fsp3) is 0.583. The molecule has 0 aliphatic rings. The van der Waals surface area contributed by atoms with Gasteiger partial charge in [0.05, 0.1) is 0 Å². The van der Waals surface area contributed by atoms with Crippen molar-refractivity contribution in [1.82, 2.24) is 4.98 Å². The van der Waals surface area contributed by atoms with E-state index in [0.29, 0.717) is 0 Å². The normalized spacial score (nSPS) is 12.5. The molecule has 0 radical (unpaired) electrons. The molecule has 0 spiro atoms. The molecule has 1 atom stereocenters. The lowest BCUT2D eigenvalue weighted by atomic mass is 10.1. The van der Waals surface area contributed by atoms with Gasteiger partial charge in [0.1, 0.15) is 0 Å². The highest BCUT2D eigenvalue weighted by molar-refractivity contribution is 5.45. The summed E-state index contributed by atoms with van der Waals surface area (Å²) in [6, 6.07) is 0.845. The molecule has 1 rings (SSSR count). The van der Waals surface area contributed by atoms with E-state index in [-0.39, 0.29) is 17.7 Å².